The molecule has 0 fully saturated rings. The molecule has 0 aliphatic carbocycles. The number of hydrogen-bond acceptors (Lipinski definition) is 5. The van der Waals surface area contributed by atoms with Crippen LogP contribution in [0.5, 0.6) is 0 Å². The fourth-order valence-electron chi connectivity index (χ4n) is 2.08. The van der Waals surface area contributed by atoms with Crippen molar-refractivity contribution in [2.24, 2.45) is 0 Å². The van der Waals surface area contributed by atoms with Crippen LogP contribution in [0, 0.1) is 10.1 Å². The molecule has 1 unspecified atom stereocenters. The molecule has 120 valence electrons. The van der Waals surface area contributed by atoms with Gasteiger partial charge in [-0.2, -0.15) is 4.31 Å². The maximum absolute atomic E-state index is 12.6. The summed E-state index contributed by atoms with van der Waals surface area (Å²) in [5.41, 5.74) is -0.144. The molecule has 1 aliphatic heterocycles. The van der Waals surface area contributed by atoms with E-state index in [-0.39, 0.29) is 17.1 Å². The molecule has 0 saturated heterocycles. The third kappa shape index (κ3) is 3.52. The van der Waals surface area contributed by atoms with E-state index < -0.39 is 21.2 Å². The molecule has 0 radical (unpaired) electrons. The largest absolute Gasteiger partial charge is 0.358 e. The maximum Gasteiger partial charge on any atom is 0.269 e. The summed E-state index contributed by atoms with van der Waals surface area (Å²) in [5.74, 6) is 0. The molecule has 1 aromatic carbocycles. The summed E-state index contributed by atoms with van der Waals surface area (Å²) in [7, 11) is -3.74. The molecule has 0 spiro atoms. The van der Waals surface area contributed by atoms with Crippen LogP contribution >= 0.6 is 0 Å². The lowest BCUT2D eigenvalue weighted by atomic mass is 10.3. The molecule has 0 bridgehead atoms. The monoisotopic (exact) mass is 326 g/mol. The zero-order valence-electron chi connectivity index (χ0n) is 12.2. The van der Waals surface area contributed by atoms with Crippen LogP contribution in [0.2, 0.25) is 0 Å². The van der Waals surface area contributed by atoms with Crippen molar-refractivity contribution in [3.05, 3.63) is 46.5 Å². The van der Waals surface area contributed by atoms with Gasteiger partial charge in [-0.25, -0.2) is 8.42 Å². The molecule has 1 heterocycles. The molecule has 22 heavy (non-hydrogen) atoms. The van der Waals surface area contributed by atoms with Gasteiger partial charge in [0.15, 0.2) is 0 Å². The summed E-state index contributed by atoms with van der Waals surface area (Å²) in [6.45, 7) is 2.74. The summed E-state index contributed by atoms with van der Waals surface area (Å²) in [6.07, 6.45) is 4.64. The van der Waals surface area contributed by atoms with Gasteiger partial charge in [0, 0.05) is 25.3 Å². The summed E-state index contributed by atoms with van der Waals surface area (Å²) >= 11 is 0. The zero-order valence-corrected chi connectivity index (χ0v) is 13.0. The SMILES string of the molecule is CCCCOC1C=CCN1S(=O)(=O)c1ccc([N+](=O)[O-])cc1. The minimum Gasteiger partial charge on any atom is -0.358 e. The Morgan fingerprint density at radius 1 is 1.36 bits per heavy atom. The highest BCUT2D eigenvalue weighted by atomic mass is 32.2. The predicted molar refractivity (Wildman–Crippen MR) is 80.8 cm³/mol. The summed E-state index contributed by atoms with van der Waals surface area (Å²) < 4.78 is 32.0. The topological polar surface area (TPSA) is 89.8 Å². The minimum absolute atomic E-state index is 0.0193. The quantitative estimate of drug-likeness (QED) is 0.332. The second-order valence-electron chi connectivity index (χ2n) is 4.87. The number of rotatable bonds is 7. The first-order valence-electron chi connectivity index (χ1n) is 7.01. The lowest BCUT2D eigenvalue weighted by Crippen LogP contribution is -2.37. The first-order valence-corrected chi connectivity index (χ1v) is 8.45. The van der Waals surface area contributed by atoms with Crippen molar-refractivity contribution in [2.75, 3.05) is 13.2 Å². The highest BCUT2D eigenvalue weighted by Gasteiger charge is 2.33. The highest BCUT2D eigenvalue weighted by molar-refractivity contribution is 7.89. The molecule has 0 saturated carbocycles. The van der Waals surface area contributed by atoms with Crippen LogP contribution in [0.3, 0.4) is 0 Å². The molecule has 0 N–H and O–H groups in total. The van der Waals surface area contributed by atoms with Gasteiger partial charge in [-0.15, -0.1) is 0 Å². The molecule has 1 aliphatic rings. The van der Waals surface area contributed by atoms with Crippen molar-refractivity contribution in [3.63, 3.8) is 0 Å². The van der Waals surface area contributed by atoms with E-state index in [4.69, 9.17) is 4.74 Å². The van der Waals surface area contributed by atoms with Crippen molar-refractivity contribution < 1.29 is 18.1 Å². The van der Waals surface area contributed by atoms with Gasteiger partial charge in [-0.05, 0) is 24.6 Å². The standard InChI is InChI=1S/C14H18N2O5S/c1-2-3-11-21-14-5-4-10-15(14)22(19,20)13-8-6-12(7-9-13)16(17)18/h4-9,14H,2-3,10-11H2,1H3. The smallest absolute Gasteiger partial charge is 0.269 e. The zero-order chi connectivity index (χ0) is 16.2. The average molecular weight is 326 g/mol. The predicted octanol–water partition coefficient (Wildman–Crippen LogP) is 2.30. The Labute approximate surface area is 129 Å². The molecule has 2 rings (SSSR count). The van der Waals surface area contributed by atoms with Gasteiger partial charge in [0.2, 0.25) is 10.0 Å². The van der Waals surface area contributed by atoms with E-state index in [1.807, 2.05) is 6.92 Å². The molecular formula is C14H18N2O5S. The van der Waals surface area contributed by atoms with Crippen LogP contribution < -0.4 is 0 Å². The van der Waals surface area contributed by atoms with E-state index in [0.29, 0.717) is 6.61 Å². The highest BCUT2D eigenvalue weighted by Crippen LogP contribution is 2.24. The Morgan fingerprint density at radius 2 is 2.05 bits per heavy atom. The maximum atomic E-state index is 12.6. The Kier molecular flexibility index (Phi) is 5.28. The van der Waals surface area contributed by atoms with Gasteiger partial charge in [-0.3, -0.25) is 10.1 Å². The first-order chi connectivity index (χ1) is 10.5. The summed E-state index contributed by atoms with van der Waals surface area (Å²) in [5, 5.41) is 10.6. The normalized spacial score (nSPS) is 18.7. The second-order valence-corrected chi connectivity index (χ2v) is 6.76. The third-order valence-electron chi connectivity index (χ3n) is 3.31. The van der Waals surface area contributed by atoms with Crippen molar-refractivity contribution >= 4 is 15.7 Å². The number of benzene rings is 1. The van der Waals surface area contributed by atoms with Crippen molar-refractivity contribution in [1.82, 2.24) is 4.31 Å². The molecule has 0 amide bonds. The van der Waals surface area contributed by atoms with Crippen LogP contribution in [0.1, 0.15) is 19.8 Å². The molecule has 8 heteroatoms. The van der Waals surface area contributed by atoms with Gasteiger partial charge in [0.1, 0.15) is 6.23 Å². The Morgan fingerprint density at radius 3 is 2.64 bits per heavy atom. The van der Waals surface area contributed by atoms with Crippen LogP contribution in [0.4, 0.5) is 5.69 Å². The molecular weight excluding hydrogens is 308 g/mol. The minimum atomic E-state index is -3.74. The average Bonchev–Trinajstić information content (AvgIpc) is 2.97. The van der Waals surface area contributed by atoms with E-state index in [1.54, 1.807) is 12.2 Å². The van der Waals surface area contributed by atoms with Crippen molar-refractivity contribution in [1.29, 1.82) is 0 Å². The van der Waals surface area contributed by atoms with Gasteiger partial charge in [0.05, 0.1) is 9.82 Å². The van der Waals surface area contributed by atoms with Gasteiger partial charge < -0.3 is 4.74 Å². The van der Waals surface area contributed by atoms with Crippen LogP contribution in [-0.4, -0.2) is 37.0 Å². The lowest BCUT2D eigenvalue weighted by Gasteiger charge is -2.24. The van der Waals surface area contributed by atoms with Gasteiger partial charge >= 0.3 is 0 Å². The van der Waals surface area contributed by atoms with E-state index in [2.05, 4.69) is 0 Å². The summed E-state index contributed by atoms with van der Waals surface area (Å²) in [4.78, 5) is 10.1. The van der Waals surface area contributed by atoms with E-state index in [1.165, 1.54) is 28.6 Å². The van der Waals surface area contributed by atoms with Crippen LogP contribution in [0.25, 0.3) is 0 Å². The Bertz CT molecular complexity index is 654. The molecule has 1 atom stereocenters. The number of non-ortho nitro benzene ring substituents is 1. The number of sulfonamides is 1. The van der Waals surface area contributed by atoms with Gasteiger partial charge in [0.25, 0.3) is 5.69 Å². The summed E-state index contributed by atoms with van der Waals surface area (Å²) in [6, 6.07) is 4.86. The molecule has 7 nitrogen and oxygen atoms in total. The lowest BCUT2D eigenvalue weighted by molar-refractivity contribution is -0.384. The number of hydrogen-bond donors (Lipinski definition) is 0. The van der Waals surface area contributed by atoms with E-state index in [0.717, 1.165) is 12.8 Å². The number of nitrogens with zero attached hydrogens (tertiary/aromatic N) is 2. The number of unbranched alkanes of at least 4 members (excludes halogenated alkanes) is 1. The first kappa shape index (κ1) is 16.6. The molecule has 1 aromatic rings. The second kappa shape index (κ2) is 6.99. The van der Waals surface area contributed by atoms with Crippen molar-refractivity contribution in [3.8, 4) is 0 Å². The van der Waals surface area contributed by atoms with Crippen LogP contribution in [0.15, 0.2) is 41.3 Å². The fraction of sp³-hybridized carbons (Fsp3) is 0.429. The Balaban J connectivity index is 2.16. The van der Waals surface area contributed by atoms with Gasteiger partial charge in [-0.1, -0.05) is 19.4 Å². The number of nitro benzene ring substituents is 1. The van der Waals surface area contributed by atoms with Crippen LogP contribution in [-0.2, 0) is 14.8 Å². The number of ether oxygens (including phenoxy) is 1. The fourth-order valence-corrected chi connectivity index (χ4v) is 3.52. The van der Waals surface area contributed by atoms with Crippen molar-refractivity contribution in [2.45, 2.75) is 30.9 Å². The van der Waals surface area contributed by atoms with E-state index in [9.17, 15) is 18.5 Å². The Hall–Kier alpha value is -1.77. The van der Waals surface area contributed by atoms with E-state index >= 15 is 0 Å². The third-order valence-corrected chi connectivity index (χ3v) is 5.15. The molecule has 0 aromatic heterocycles. The number of nitro groups is 1.